The molecule has 0 spiro atoms. The van der Waals surface area contributed by atoms with Gasteiger partial charge in [0.15, 0.2) is 5.82 Å². The summed E-state index contributed by atoms with van der Waals surface area (Å²) in [6.45, 7) is 0. The van der Waals surface area contributed by atoms with Crippen molar-refractivity contribution in [2.75, 3.05) is 12.4 Å². The van der Waals surface area contributed by atoms with Gasteiger partial charge in [0, 0.05) is 18.8 Å². The van der Waals surface area contributed by atoms with E-state index in [0.717, 1.165) is 17.2 Å². The summed E-state index contributed by atoms with van der Waals surface area (Å²) in [4.78, 5) is 8.76. The molecule has 0 atom stereocenters. The number of benzene rings is 2. The molecule has 0 amide bonds. The Morgan fingerprint density at radius 1 is 0.944 bits per heavy atom. The van der Waals surface area contributed by atoms with Crippen LogP contribution in [-0.2, 0) is 0 Å². The molecule has 3 aromatic rings. The second-order valence-corrected chi connectivity index (χ2v) is 4.08. The lowest BCUT2D eigenvalue weighted by molar-refractivity contribution is 1.17. The van der Waals surface area contributed by atoms with E-state index in [0.29, 0.717) is 0 Å². The van der Waals surface area contributed by atoms with Gasteiger partial charge < -0.3 is 5.32 Å². The summed E-state index contributed by atoms with van der Waals surface area (Å²) in [5.74, 6) is 1.57. The van der Waals surface area contributed by atoms with Crippen molar-refractivity contribution in [2.24, 2.45) is 0 Å². The van der Waals surface area contributed by atoms with Crippen LogP contribution in [0.2, 0.25) is 0 Å². The molecule has 0 bridgehead atoms. The number of anilines is 1. The maximum atomic E-state index is 4.45. The molecule has 0 unspecified atom stereocenters. The highest BCUT2D eigenvalue weighted by Gasteiger charge is 2.03. The summed E-state index contributed by atoms with van der Waals surface area (Å²) in [6, 6.07) is 16.4. The van der Waals surface area contributed by atoms with Gasteiger partial charge in [-0.2, -0.15) is 0 Å². The van der Waals surface area contributed by atoms with E-state index in [1.165, 1.54) is 10.8 Å². The van der Waals surface area contributed by atoms with Gasteiger partial charge in [0.1, 0.15) is 5.82 Å². The fourth-order valence-electron chi connectivity index (χ4n) is 1.97. The summed E-state index contributed by atoms with van der Waals surface area (Å²) in [6.07, 6.45) is 1.77. The van der Waals surface area contributed by atoms with Gasteiger partial charge in [0.25, 0.3) is 0 Å². The second kappa shape index (κ2) is 4.45. The molecular formula is C15H13N3. The first-order chi connectivity index (χ1) is 8.86. The number of fused-ring (bicyclic) bond motifs is 1. The van der Waals surface area contributed by atoms with Crippen LogP contribution in [0.15, 0.2) is 54.7 Å². The maximum absolute atomic E-state index is 4.45. The minimum absolute atomic E-state index is 0.743. The maximum Gasteiger partial charge on any atom is 0.161 e. The average Bonchev–Trinajstić information content (AvgIpc) is 2.47. The fraction of sp³-hybridized carbons (Fsp3) is 0.0667. The summed E-state index contributed by atoms with van der Waals surface area (Å²) < 4.78 is 0. The molecule has 3 heteroatoms. The smallest absolute Gasteiger partial charge is 0.161 e. The number of aromatic nitrogens is 2. The number of hydrogen-bond acceptors (Lipinski definition) is 3. The van der Waals surface area contributed by atoms with E-state index < -0.39 is 0 Å². The van der Waals surface area contributed by atoms with Crippen molar-refractivity contribution in [3.05, 3.63) is 54.7 Å². The van der Waals surface area contributed by atoms with E-state index in [1.54, 1.807) is 6.20 Å². The summed E-state index contributed by atoms with van der Waals surface area (Å²) in [5, 5.41) is 5.45. The standard InChI is InChI=1S/C15H13N3/c1-16-14-8-9-17-15(18-14)13-7-6-11-4-2-3-5-12(11)10-13/h2-10H,1H3,(H,16,17,18). The first kappa shape index (κ1) is 10.7. The first-order valence-corrected chi connectivity index (χ1v) is 5.87. The SMILES string of the molecule is CNc1ccnc(-c2ccc3ccccc3c2)n1. The van der Waals surface area contributed by atoms with Crippen LogP contribution in [0.3, 0.4) is 0 Å². The van der Waals surface area contributed by atoms with Crippen LogP contribution < -0.4 is 5.32 Å². The van der Waals surface area contributed by atoms with Crippen molar-refractivity contribution in [3.63, 3.8) is 0 Å². The summed E-state index contributed by atoms with van der Waals surface area (Å²) in [7, 11) is 1.85. The Bertz CT molecular complexity index is 692. The van der Waals surface area contributed by atoms with Gasteiger partial charge in [-0.05, 0) is 22.9 Å². The number of hydrogen-bond donors (Lipinski definition) is 1. The van der Waals surface area contributed by atoms with Crippen molar-refractivity contribution in [2.45, 2.75) is 0 Å². The molecule has 3 rings (SSSR count). The Labute approximate surface area is 106 Å². The lowest BCUT2D eigenvalue weighted by Crippen LogP contribution is -1.95. The van der Waals surface area contributed by atoms with Crippen LogP contribution in [0.4, 0.5) is 5.82 Å². The quantitative estimate of drug-likeness (QED) is 0.740. The minimum atomic E-state index is 0.743. The molecule has 1 aromatic heterocycles. The van der Waals surface area contributed by atoms with Crippen molar-refractivity contribution >= 4 is 16.6 Å². The van der Waals surface area contributed by atoms with E-state index >= 15 is 0 Å². The molecule has 0 aliphatic rings. The molecule has 88 valence electrons. The lowest BCUT2D eigenvalue weighted by atomic mass is 10.1. The second-order valence-electron chi connectivity index (χ2n) is 4.08. The van der Waals surface area contributed by atoms with Crippen molar-refractivity contribution < 1.29 is 0 Å². The summed E-state index contributed by atoms with van der Waals surface area (Å²) in [5.41, 5.74) is 1.03. The third-order valence-electron chi connectivity index (χ3n) is 2.92. The lowest BCUT2D eigenvalue weighted by Gasteiger charge is -2.04. The van der Waals surface area contributed by atoms with Gasteiger partial charge >= 0.3 is 0 Å². The Hall–Kier alpha value is -2.42. The molecule has 18 heavy (non-hydrogen) atoms. The molecule has 3 nitrogen and oxygen atoms in total. The molecule has 0 saturated heterocycles. The third kappa shape index (κ3) is 1.91. The van der Waals surface area contributed by atoms with Gasteiger partial charge in [-0.15, -0.1) is 0 Å². The Morgan fingerprint density at radius 3 is 2.61 bits per heavy atom. The minimum Gasteiger partial charge on any atom is -0.373 e. The number of nitrogens with zero attached hydrogens (tertiary/aromatic N) is 2. The highest BCUT2D eigenvalue weighted by molar-refractivity contribution is 5.86. The molecule has 1 heterocycles. The highest BCUT2D eigenvalue weighted by Crippen LogP contribution is 2.22. The number of nitrogens with one attached hydrogen (secondary N) is 1. The van der Waals surface area contributed by atoms with E-state index in [1.807, 2.05) is 25.2 Å². The van der Waals surface area contributed by atoms with Gasteiger partial charge in [-0.25, -0.2) is 9.97 Å². The van der Waals surface area contributed by atoms with Gasteiger partial charge in [0.05, 0.1) is 0 Å². The van der Waals surface area contributed by atoms with Crippen LogP contribution in [0, 0.1) is 0 Å². The zero-order valence-corrected chi connectivity index (χ0v) is 10.1. The monoisotopic (exact) mass is 235 g/mol. The molecule has 0 radical (unpaired) electrons. The fourth-order valence-corrected chi connectivity index (χ4v) is 1.97. The predicted molar refractivity (Wildman–Crippen MR) is 74.5 cm³/mol. The molecule has 2 aromatic carbocycles. The van der Waals surface area contributed by atoms with Crippen molar-refractivity contribution in [1.29, 1.82) is 0 Å². The van der Waals surface area contributed by atoms with Crippen LogP contribution in [0.25, 0.3) is 22.2 Å². The highest BCUT2D eigenvalue weighted by atomic mass is 15.0. The van der Waals surface area contributed by atoms with Crippen LogP contribution >= 0.6 is 0 Å². The van der Waals surface area contributed by atoms with Crippen LogP contribution in [0.1, 0.15) is 0 Å². The average molecular weight is 235 g/mol. The summed E-state index contributed by atoms with van der Waals surface area (Å²) >= 11 is 0. The van der Waals surface area contributed by atoms with Gasteiger partial charge in [-0.3, -0.25) is 0 Å². The topological polar surface area (TPSA) is 37.8 Å². The van der Waals surface area contributed by atoms with Crippen molar-refractivity contribution in [1.82, 2.24) is 9.97 Å². The Kier molecular flexibility index (Phi) is 2.65. The zero-order chi connectivity index (χ0) is 12.4. The number of rotatable bonds is 2. The molecule has 1 N–H and O–H groups in total. The van der Waals surface area contributed by atoms with Crippen LogP contribution in [-0.4, -0.2) is 17.0 Å². The van der Waals surface area contributed by atoms with Gasteiger partial charge in [-0.1, -0.05) is 36.4 Å². The Balaban J connectivity index is 2.13. The van der Waals surface area contributed by atoms with Crippen molar-refractivity contribution in [3.8, 4) is 11.4 Å². The Morgan fingerprint density at radius 2 is 1.78 bits per heavy atom. The van der Waals surface area contributed by atoms with Crippen LogP contribution in [0.5, 0.6) is 0 Å². The first-order valence-electron chi connectivity index (χ1n) is 5.87. The molecule has 0 aliphatic heterocycles. The normalized spacial score (nSPS) is 10.5. The largest absolute Gasteiger partial charge is 0.373 e. The molecule has 0 saturated carbocycles. The van der Waals surface area contributed by atoms with E-state index in [4.69, 9.17) is 0 Å². The molecular weight excluding hydrogens is 222 g/mol. The van der Waals surface area contributed by atoms with Gasteiger partial charge in [0.2, 0.25) is 0 Å². The molecule has 0 aliphatic carbocycles. The van der Waals surface area contributed by atoms with E-state index in [9.17, 15) is 0 Å². The van der Waals surface area contributed by atoms with E-state index in [2.05, 4.69) is 45.6 Å². The zero-order valence-electron chi connectivity index (χ0n) is 10.1. The van der Waals surface area contributed by atoms with E-state index in [-0.39, 0.29) is 0 Å². The predicted octanol–water partition coefficient (Wildman–Crippen LogP) is 3.34. The molecule has 0 fully saturated rings. The third-order valence-corrected chi connectivity index (χ3v) is 2.92.